The van der Waals surface area contributed by atoms with Crippen LogP contribution < -0.4 is 5.73 Å². The first-order valence-electron chi connectivity index (χ1n) is 4.56. The highest BCUT2D eigenvalue weighted by Gasteiger charge is 1.97. The third kappa shape index (κ3) is 4.44. The number of amides is 1. The SMILES string of the molecule is NC(=O)OCCCCCc1c[nH]nn1. The normalized spacial score (nSPS) is 10.0. The molecular formula is C8H14N4O2. The molecule has 78 valence electrons. The van der Waals surface area contributed by atoms with Crippen molar-refractivity contribution in [2.45, 2.75) is 25.7 Å². The Morgan fingerprint density at radius 2 is 2.36 bits per heavy atom. The van der Waals surface area contributed by atoms with Crippen molar-refractivity contribution in [1.29, 1.82) is 0 Å². The smallest absolute Gasteiger partial charge is 0.404 e. The van der Waals surface area contributed by atoms with Crippen molar-refractivity contribution in [1.82, 2.24) is 15.4 Å². The van der Waals surface area contributed by atoms with E-state index in [1.165, 1.54) is 0 Å². The topological polar surface area (TPSA) is 93.9 Å². The van der Waals surface area contributed by atoms with E-state index < -0.39 is 6.09 Å². The van der Waals surface area contributed by atoms with E-state index in [1.54, 1.807) is 6.20 Å². The van der Waals surface area contributed by atoms with Gasteiger partial charge < -0.3 is 10.5 Å². The molecule has 0 fully saturated rings. The highest BCUT2D eigenvalue weighted by Crippen LogP contribution is 2.02. The Morgan fingerprint density at radius 3 is 3.00 bits per heavy atom. The van der Waals surface area contributed by atoms with Crippen LogP contribution in [-0.2, 0) is 11.2 Å². The lowest BCUT2D eigenvalue weighted by Crippen LogP contribution is -2.13. The van der Waals surface area contributed by atoms with Gasteiger partial charge in [-0.2, -0.15) is 0 Å². The molecule has 14 heavy (non-hydrogen) atoms. The minimum atomic E-state index is -0.707. The lowest BCUT2D eigenvalue weighted by atomic mass is 10.2. The maximum Gasteiger partial charge on any atom is 0.404 e. The predicted molar refractivity (Wildman–Crippen MR) is 49.5 cm³/mol. The molecule has 0 radical (unpaired) electrons. The fourth-order valence-electron chi connectivity index (χ4n) is 1.11. The Hall–Kier alpha value is -1.59. The average molecular weight is 198 g/mol. The molecule has 0 aromatic carbocycles. The number of nitrogens with zero attached hydrogens (tertiary/aromatic N) is 2. The van der Waals surface area contributed by atoms with Crippen LogP contribution in [0.1, 0.15) is 25.0 Å². The van der Waals surface area contributed by atoms with E-state index >= 15 is 0 Å². The van der Waals surface area contributed by atoms with Crippen molar-refractivity contribution >= 4 is 6.09 Å². The molecule has 0 spiro atoms. The van der Waals surface area contributed by atoms with Crippen molar-refractivity contribution in [3.63, 3.8) is 0 Å². The van der Waals surface area contributed by atoms with Crippen LogP contribution in [0, 0.1) is 0 Å². The third-order valence-electron chi connectivity index (χ3n) is 1.79. The Kier molecular flexibility index (Phi) is 4.46. The quantitative estimate of drug-likeness (QED) is 0.655. The van der Waals surface area contributed by atoms with Gasteiger partial charge >= 0.3 is 6.09 Å². The number of unbranched alkanes of at least 4 members (excludes halogenated alkanes) is 2. The highest BCUT2D eigenvalue weighted by molar-refractivity contribution is 5.64. The van der Waals surface area contributed by atoms with E-state index in [4.69, 9.17) is 5.73 Å². The first kappa shape index (κ1) is 10.5. The van der Waals surface area contributed by atoms with E-state index in [0.717, 1.165) is 31.4 Å². The van der Waals surface area contributed by atoms with Crippen molar-refractivity contribution < 1.29 is 9.53 Å². The second kappa shape index (κ2) is 5.95. The summed E-state index contributed by atoms with van der Waals surface area (Å²) in [5.41, 5.74) is 5.76. The molecule has 6 heteroatoms. The third-order valence-corrected chi connectivity index (χ3v) is 1.79. The average Bonchev–Trinajstić information content (AvgIpc) is 2.63. The van der Waals surface area contributed by atoms with E-state index in [-0.39, 0.29) is 0 Å². The van der Waals surface area contributed by atoms with Gasteiger partial charge in [-0.3, -0.25) is 5.10 Å². The summed E-state index contributed by atoms with van der Waals surface area (Å²) in [4.78, 5) is 10.2. The molecule has 0 saturated heterocycles. The van der Waals surface area contributed by atoms with Crippen LogP contribution in [0.15, 0.2) is 6.20 Å². The Bertz CT molecular complexity index is 260. The maximum absolute atomic E-state index is 10.2. The molecule has 0 aliphatic carbocycles. The molecule has 0 unspecified atom stereocenters. The van der Waals surface area contributed by atoms with E-state index in [1.807, 2.05) is 0 Å². The standard InChI is InChI=1S/C8H14N4O2/c9-8(13)14-5-3-1-2-4-7-6-10-12-11-7/h6H,1-5H2,(H2,9,13)(H,10,11,12). The zero-order valence-corrected chi connectivity index (χ0v) is 7.90. The van der Waals surface area contributed by atoms with Gasteiger partial charge in [-0.15, -0.1) is 5.10 Å². The van der Waals surface area contributed by atoms with Crippen LogP contribution in [-0.4, -0.2) is 28.1 Å². The van der Waals surface area contributed by atoms with Crippen molar-refractivity contribution in [3.05, 3.63) is 11.9 Å². The molecule has 6 nitrogen and oxygen atoms in total. The van der Waals surface area contributed by atoms with E-state index in [9.17, 15) is 4.79 Å². The summed E-state index contributed by atoms with van der Waals surface area (Å²) >= 11 is 0. The fraction of sp³-hybridized carbons (Fsp3) is 0.625. The summed E-state index contributed by atoms with van der Waals surface area (Å²) in [6.45, 7) is 0.397. The summed E-state index contributed by atoms with van der Waals surface area (Å²) in [6.07, 6.45) is 4.80. The highest BCUT2D eigenvalue weighted by atomic mass is 16.5. The van der Waals surface area contributed by atoms with Crippen LogP contribution in [0.25, 0.3) is 0 Å². The first-order valence-corrected chi connectivity index (χ1v) is 4.56. The molecule has 1 rings (SSSR count). The lowest BCUT2D eigenvalue weighted by Gasteiger charge is -2.00. The predicted octanol–water partition coefficient (Wildman–Crippen LogP) is 0.613. The molecule has 0 aliphatic heterocycles. The molecular weight excluding hydrogens is 184 g/mol. The van der Waals surface area contributed by atoms with E-state index in [2.05, 4.69) is 20.1 Å². The number of carbonyl (C=O) groups is 1. The number of aromatic amines is 1. The van der Waals surface area contributed by atoms with Gasteiger partial charge in [-0.05, 0) is 25.7 Å². The molecule has 1 aromatic rings. The number of hydrogen-bond donors (Lipinski definition) is 2. The Labute approximate surface area is 81.8 Å². The summed E-state index contributed by atoms with van der Waals surface area (Å²) in [7, 11) is 0. The van der Waals surface area contributed by atoms with Gasteiger partial charge in [0, 0.05) is 6.20 Å². The molecule has 3 N–H and O–H groups in total. The summed E-state index contributed by atoms with van der Waals surface area (Å²) in [5, 5.41) is 10.1. The minimum Gasteiger partial charge on any atom is -0.450 e. The van der Waals surface area contributed by atoms with Gasteiger partial charge in [0.1, 0.15) is 0 Å². The minimum absolute atomic E-state index is 0.397. The fourth-order valence-corrected chi connectivity index (χ4v) is 1.11. The van der Waals surface area contributed by atoms with Crippen LogP contribution in [0.4, 0.5) is 4.79 Å². The number of carbonyl (C=O) groups excluding carboxylic acids is 1. The number of primary amides is 1. The molecule has 0 bridgehead atoms. The zero-order valence-electron chi connectivity index (χ0n) is 7.90. The monoisotopic (exact) mass is 198 g/mol. The molecule has 0 saturated carbocycles. The summed E-state index contributed by atoms with van der Waals surface area (Å²) in [6, 6.07) is 0. The number of aryl methyl sites for hydroxylation is 1. The number of nitrogens with two attached hydrogens (primary N) is 1. The number of aromatic nitrogens is 3. The van der Waals surface area contributed by atoms with Crippen LogP contribution >= 0.6 is 0 Å². The largest absolute Gasteiger partial charge is 0.450 e. The van der Waals surface area contributed by atoms with Crippen LogP contribution in [0.2, 0.25) is 0 Å². The number of rotatable bonds is 6. The second-order valence-corrected chi connectivity index (χ2v) is 2.94. The van der Waals surface area contributed by atoms with Crippen molar-refractivity contribution in [2.24, 2.45) is 5.73 Å². The number of H-pyrrole nitrogens is 1. The van der Waals surface area contributed by atoms with Gasteiger partial charge in [0.15, 0.2) is 0 Å². The molecule has 1 heterocycles. The first-order chi connectivity index (χ1) is 6.79. The lowest BCUT2D eigenvalue weighted by molar-refractivity contribution is 0.154. The van der Waals surface area contributed by atoms with Gasteiger partial charge in [-0.1, -0.05) is 5.21 Å². The molecule has 1 amide bonds. The number of hydrogen-bond acceptors (Lipinski definition) is 4. The molecule has 0 atom stereocenters. The number of nitrogens with one attached hydrogen (secondary N) is 1. The summed E-state index contributed by atoms with van der Waals surface area (Å²) < 4.78 is 4.58. The van der Waals surface area contributed by atoms with Crippen molar-refractivity contribution in [3.8, 4) is 0 Å². The maximum atomic E-state index is 10.2. The van der Waals surface area contributed by atoms with E-state index in [0.29, 0.717) is 6.61 Å². The zero-order chi connectivity index (χ0) is 10.2. The Balaban J connectivity index is 1.92. The molecule has 0 aliphatic rings. The van der Waals surface area contributed by atoms with Crippen molar-refractivity contribution in [2.75, 3.05) is 6.61 Å². The second-order valence-electron chi connectivity index (χ2n) is 2.94. The summed E-state index contributed by atoms with van der Waals surface area (Å²) in [5.74, 6) is 0. The molecule has 1 aromatic heterocycles. The van der Waals surface area contributed by atoms with Gasteiger partial charge in [0.05, 0.1) is 12.3 Å². The van der Waals surface area contributed by atoms with Crippen LogP contribution in [0.3, 0.4) is 0 Å². The van der Waals surface area contributed by atoms with Gasteiger partial charge in [-0.25, -0.2) is 4.79 Å². The number of ether oxygens (including phenoxy) is 1. The van der Waals surface area contributed by atoms with Gasteiger partial charge in [0.2, 0.25) is 0 Å². The Morgan fingerprint density at radius 1 is 1.50 bits per heavy atom. The van der Waals surface area contributed by atoms with Gasteiger partial charge in [0.25, 0.3) is 0 Å². The van der Waals surface area contributed by atoms with Crippen LogP contribution in [0.5, 0.6) is 0 Å².